The minimum atomic E-state index is -1.02. The third kappa shape index (κ3) is 9.01. The Kier molecular flexibility index (Phi) is 12.3. The normalized spacial score (nSPS) is 19.3. The molecule has 8 rings (SSSR count). The topological polar surface area (TPSA) is 205 Å². The van der Waals surface area contributed by atoms with Crippen LogP contribution < -0.4 is 36.0 Å². The molecule has 3 saturated heterocycles. The molecule has 0 aliphatic carbocycles. The average Bonchev–Trinajstić information content (AvgIpc) is 3.59. The van der Waals surface area contributed by atoms with Crippen LogP contribution in [0.1, 0.15) is 71.0 Å². The van der Waals surface area contributed by atoms with Crippen LogP contribution in [-0.2, 0) is 21.4 Å². The van der Waals surface area contributed by atoms with Crippen molar-refractivity contribution in [3.05, 3.63) is 63.8 Å². The molecule has 3 aliphatic heterocycles. The van der Waals surface area contributed by atoms with Crippen molar-refractivity contribution >= 4 is 74.4 Å². The van der Waals surface area contributed by atoms with Crippen molar-refractivity contribution in [1.82, 2.24) is 44.8 Å². The highest BCUT2D eigenvalue weighted by Gasteiger charge is 2.39. The Balaban J connectivity index is 0.939. The van der Waals surface area contributed by atoms with Crippen LogP contribution in [-0.4, -0.2) is 122 Å². The predicted molar refractivity (Wildman–Crippen MR) is 241 cm³/mol. The van der Waals surface area contributed by atoms with E-state index in [9.17, 15) is 24.3 Å². The number of nitrogens with one attached hydrogen (secondary N) is 3. The number of pyridine rings is 2. The highest BCUT2D eigenvalue weighted by Crippen LogP contribution is 2.37. The molecular formula is C44H55ClN12O6. The van der Waals surface area contributed by atoms with Gasteiger partial charge in [0, 0.05) is 76.6 Å². The van der Waals surface area contributed by atoms with Gasteiger partial charge in [0.2, 0.25) is 17.8 Å². The fraction of sp³-hybridized carbons (Fsp3) is 0.500. The number of aliphatic hydroxyl groups is 1. The Hall–Kier alpha value is -5.85. The van der Waals surface area contributed by atoms with Crippen LogP contribution in [0.5, 0.6) is 5.75 Å². The van der Waals surface area contributed by atoms with Gasteiger partial charge in [-0.25, -0.2) is 9.97 Å². The molecule has 19 heteroatoms. The van der Waals surface area contributed by atoms with Gasteiger partial charge in [-0.1, -0.05) is 23.7 Å². The van der Waals surface area contributed by atoms with Crippen molar-refractivity contribution in [3.63, 3.8) is 0 Å². The molecule has 0 saturated carbocycles. The molecule has 1 aromatic carbocycles. The van der Waals surface area contributed by atoms with Gasteiger partial charge in [-0.15, -0.1) is 0 Å². The van der Waals surface area contributed by atoms with E-state index in [1.54, 1.807) is 18.5 Å². The first-order chi connectivity index (χ1) is 30.1. The quantitative estimate of drug-likeness (QED) is 0.132. The van der Waals surface area contributed by atoms with E-state index in [1.165, 1.54) is 11.6 Å². The number of carbonyl (C=O) groups excluding carboxylic acids is 3. The molecule has 5 aromatic rings. The Bertz CT molecular complexity index is 2620. The number of piperidine rings is 2. The fourth-order valence-electron chi connectivity index (χ4n) is 9.19. The van der Waals surface area contributed by atoms with Gasteiger partial charge < -0.3 is 30.3 Å². The van der Waals surface area contributed by atoms with E-state index in [0.717, 1.165) is 49.1 Å². The van der Waals surface area contributed by atoms with Crippen molar-refractivity contribution in [3.8, 4) is 5.75 Å². The van der Waals surface area contributed by atoms with E-state index in [1.807, 2.05) is 57.6 Å². The molecule has 18 nitrogen and oxygen atoms in total. The molecule has 0 spiro atoms. The van der Waals surface area contributed by atoms with Gasteiger partial charge in [0.15, 0.2) is 18.2 Å². The number of aryl methyl sites for hydroxylation is 1. The number of rotatable bonds is 12. The van der Waals surface area contributed by atoms with E-state index in [2.05, 4.69) is 46.7 Å². The third-order valence-corrected chi connectivity index (χ3v) is 12.7. The van der Waals surface area contributed by atoms with Gasteiger partial charge in [0.25, 0.3) is 11.5 Å². The Morgan fingerprint density at radius 3 is 2.54 bits per heavy atom. The lowest BCUT2D eigenvalue weighted by atomic mass is 9.90. The molecule has 334 valence electrons. The first-order valence-electron chi connectivity index (χ1n) is 21.5. The molecule has 3 fully saturated rings. The summed E-state index contributed by atoms with van der Waals surface area (Å²) in [6.45, 7) is 11.6. The summed E-state index contributed by atoms with van der Waals surface area (Å²) in [5, 5.41) is 26.4. The first-order valence-corrected chi connectivity index (χ1v) is 21.9. The summed E-state index contributed by atoms with van der Waals surface area (Å²) < 4.78 is 9.00. The molecule has 2 atom stereocenters. The Labute approximate surface area is 369 Å². The van der Waals surface area contributed by atoms with E-state index in [4.69, 9.17) is 26.4 Å². The second-order valence-electron chi connectivity index (χ2n) is 17.6. The van der Waals surface area contributed by atoms with Gasteiger partial charge in [0.1, 0.15) is 10.7 Å². The Morgan fingerprint density at radius 2 is 1.83 bits per heavy atom. The SMILES string of the molecule is CNC(=O)COc1cc2cc(Nc3nc(N4CCN(CC5CCN(c6cccc7c(C8CCC(=O)NC8=O)nn(C)c67)CC5)[C@@H](C(C)(C)O)C4)ncc3Cl)cnc2n(C(C)C)c1=O. The van der Waals surface area contributed by atoms with E-state index >= 15 is 0 Å². The van der Waals surface area contributed by atoms with E-state index in [-0.39, 0.29) is 47.7 Å². The third-order valence-electron chi connectivity index (χ3n) is 12.5. The van der Waals surface area contributed by atoms with Crippen molar-refractivity contribution < 1.29 is 24.2 Å². The number of aromatic nitrogens is 6. The lowest BCUT2D eigenvalue weighted by Crippen LogP contribution is -2.62. The number of anilines is 4. The lowest BCUT2D eigenvalue weighted by molar-refractivity contribution is -0.134. The smallest absolute Gasteiger partial charge is 0.294 e. The number of fused-ring (bicyclic) bond motifs is 2. The standard InChI is InChI=1S/C44H55ClN12O6/c1-25(2)57-40-27(19-33(42(57)61)63-24-36(59)46-5)18-28(20-47-40)49-39-31(45)21-48-43(51-39)56-17-16-55(34(23-56)44(3,4)62)22-26-12-14-54(15-13-26)32-9-7-8-29-37(52-53(6)38(29)32)30-10-11-35(58)50-41(30)60/h7-9,18-21,25-26,30,34,62H,10-17,22-24H2,1-6H3,(H,46,59)(H,48,49,51)(H,50,58,60)/t30?,34-/m1/s1. The summed E-state index contributed by atoms with van der Waals surface area (Å²) in [5.41, 5.74) is 2.43. The van der Waals surface area contributed by atoms with E-state index in [0.29, 0.717) is 77.6 Å². The second-order valence-corrected chi connectivity index (χ2v) is 18.0. The van der Waals surface area contributed by atoms with Gasteiger partial charge >= 0.3 is 0 Å². The molecule has 7 heterocycles. The zero-order valence-corrected chi connectivity index (χ0v) is 37.3. The number of benzene rings is 1. The van der Waals surface area contributed by atoms with Gasteiger partial charge in [-0.05, 0) is 71.1 Å². The van der Waals surface area contributed by atoms with Crippen LogP contribution in [0.3, 0.4) is 0 Å². The van der Waals surface area contributed by atoms with Crippen LogP contribution in [0.15, 0.2) is 47.5 Å². The van der Waals surface area contributed by atoms with Crippen LogP contribution >= 0.6 is 11.6 Å². The molecule has 3 amide bonds. The number of halogens is 1. The molecule has 1 unspecified atom stereocenters. The van der Waals surface area contributed by atoms with Gasteiger partial charge in [-0.3, -0.25) is 38.6 Å². The highest BCUT2D eigenvalue weighted by atomic mass is 35.5. The molecule has 0 radical (unpaired) electrons. The maximum atomic E-state index is 13.3. The summed E-state index contributed by atoms with van der Waals surface area (Å²) in [5.74, 6) is -0.0309. The number of ether oxygens (including phenoxy) is 1. The highest BCUT2D eigenvalue weighted by molar-refractivity contribution is 6.33. The molecule has 63 heavy (non-hydrogen) atoms. The van der Waals surface area contributed by atoms with Crippen molar-refractivity contribution in [2.45, 2.75) is 77.0 Å². The Morgan fingerprint density at radius 1 is 1.05 bits per heavy atom. The number of likely N-dealkylation sites (N-methyl/N-ethyl adjacent to an activating group) is 1. The predicted octanol–water partition coefficient (Wildman–Crippen LogP) is 3.87. The van der Waals surface area contributed by atoms with Crippen molar-refractivity contribution in [1.29, 1.82) is 0 Å². The number of hydrogen-bond acceptors (Lipinski definition) is 14. The first kappa shape index (κ1) is 43.8. The zero-order chi connectivity index (χ0) is 44.7. The number of imide groups is 1. The van der Waals surface area contributed by atoms with Gasteiger partial charge in [0.05, 0.1) is 52.5 Å². The van der Waals surface area contributed by atoms with Crippen molar-refractivity contribution in [2.24, 2.45) is 13.0 Å². The van der Waals surface area contributed by atoms with Gasteiger partial charge in [-0.2, -0.15) is 10.1 Å². The summed E-state index contributed by atoms with van der Waals surface area (Å²) in [4.78, 5) is 70.7. The summed E-state index contributed by atoms with van der Waals surface area (Å²) in [6.07, 6.45) is 5.88. The number of hydrogen-bond donors (Lipinski definition) is 4. The number of amides is 3. The summed E-state index contributed by atoms with van der Waals surface area (Å²) >= 11 is 6.65. The number of piperazine rings is 1. The lowest BCUT2D eigenvalue weighted by Gasteiger charge is -2.48. The average molecular weight is 883 g/mol. The van der Waals surface area contributed by atoms with Crippen molar-refractivity contribution in [2.75, 3.05) is 68.0 Å². The molecule has 4 aromatic heterocycles. The number of carbonyl (C=O) groups is 3. The zero-order valence-electron chi connectivity index (χ0n) is 36.5. The van der Waals surface area contributed by atoms with Crippen LogP contribution in [0.25, 0.3) is 21.9 Å². The maximum absolute atomic E-state index is 13.3. The molecular weight excluding hydrogens is 828 g/mol. The molecule has 3 aliphatic rings. The van der Waals surface area contributed by atoms with Crippen LogP contribution in [0.4, 0.5) is 23.1 Å². The van der Waals surface area contributed by atoms with Crippen LogP contribution in [0, 0.1) is 5.92 Å². The summed E-state index contributed by atoms with van der Waals surface area (Å²) in [7, 11) is 3.41. The molecule has 4 N–H and O–H groups in total. The number of para-hydroxylation sites is 1. The number of nitrogens with zero attached hydrogens (tertiary/aromatic N) is 9. The summed E-state index contributed by atoms with van der Waals surface area (Å²) in [6, 6.07) is 9.13. The maximum Gasteiger partial charge on any atom is 0.294 e. The largest absolute Gasteiger partial charge is 0.478 e. The van der Waals surface area contributed by atoms with E-state index < -0.39 is 11.5 Å². The molecule has 0 bridgehead atoms. The minimum Gasteiger partial charge on any atom is -0.478 e. The van der Waals surface area contributed by atoms with Crippen LogP contribution in [0.2, 0.25) is 5.02 Å². The fourth-order valence-corrected chi connectivity index (χ4v) is 9.33. The second kappa shape index (κ2) is 17.7. The minimum absolute atomic E-state index is 0.0363. The monoisotopic (exact) mass is 882 g/mol.